The third kappa shape index (κ3) is 5.61. The van der Waals surface area contributed by atoms with Crippen LogP contribution in [-0.4, -0.2) is 38.5 Å². The van der Waals surface area contributed by atoms with Crippen LogP contribution in [0.15, 0.2) is 59.2 Å². The minimum absolute atomic E-state index is 0.470. The second-order valence-corrected chi connectivity index (χ2v) is 7.00. The van der Waals surface area contributed by atoms with Crippen molar-refractivity contribution >= 4 is 23.0 Å². The molecule has 0 bridgehead atoms. The van der Waals surface area contributed by atoms with Crippen molar-refractivity contribution in [3.05, 3.63) is 66.1 Å². The molecular formula is C23H26N2O5S. The number of ether oxygens (including phenoxy) is 4. The summed E-state index contributed by atoms with van der Waals surface area (Å²) in [6, 6.07) is 14.9. The Labute approximate surface area is 187 Å². The van der Waals surface area contributed by atoms with Crippen molar-refractivity contribution in [2.75, 3.05) is 33.8 Å². The van der Waals surface area contributed by atoms with E-state index in [-0.39, 0.29) is 0 Å². The standard InChI is InChI=1S/C23H26N2O5S/c1-26-17-8-10-21(28-3)16(12-17)14-25(15-19-6-5-11-30-19)23(31)24-20-9-7-18(27-2)13-22(20)29-4/h5-13H,14-15H2,1-4H3,(H,24,31). The van der Waals surface area contributed by atoms with Gasteiger partial charge in [0.05, 0.1) is 46.9 Å². The molecule has 0 saturated heterocycles. The minimum Gasteiger partial charge on any atom is -0.497 e. The first-order valence-electron chi connectivity index (χ1n) is 9.59. The van der Waals surface area contributed by atoms with Gasteiger partial charge in [-0.25, -0.2) is 0 Å². The Morgan fingerprint density at radius 1 is 0.871 bits per heavy atom. The minimum atomic E-state index is 0.470. The van der Waals surface area contributed by atoms with Gasteiger partial charge in [0.2, 0.25) is 0 Å². The molecule has 0 atom stereocenters. The Hall–Kier alpha value is -3.39. The number of hydrogen-bond acceptors (Lipinski definition) is 6. The lowest BCUT2D eigenvalue weighted by Gasteiger charge is -2.26. The summed E-state index contributed by atoms with van der Waals surface area (Å²) in [7, 11) is 6.49. The van der Waals surface area contributed by atoms with Crippen molar-refractivity contribution in [3.63, 3.8) is 0 Å². The lowest BCUT2D eigenvalue weighted by Crippen LogP contribution is -2.34. The summed E-state index contributed by atoms with van der Waals surface area (Å²) in [6.07, 6.45) is 1.64. The number of furan rings is 1. The van der Waals surface area contributed by atoms with Gasteiger partial charge < -0.3 is 33.6 Å². The third-order valence-electron chi connectivity index (χ3n) is 4.71. The van der Waals surface area contributed by atoms with Gasteiger partial charge in [0.15, 0.2) is 5.11 Å². The van der Waals surface area contributed by atoms with Crippen LogP contribution in [-0.2, 0) is 13.1 Å². The van der Waals surface area contributed by atoms with E-state index in [1.54, 1.807) is 40.8 Å². The molecule has 0 aliphatic rings. The molecule has 0 radical (unpaired) electrons. The van der Waals surface area contributed by atoms with Gasteiger partial charge in [-0.2, -0.15) is 0 Å². The normalized spacial score (nSPS) is 10.3. The average molecular weight is 443 g/mol. The molecule has 8 heteroatoms. The number of rotatable bonds is 9. The Morgan fingerprint density at radius 2 is 1.58 bits per heavy atom. The number of benzene rings is 2. The van der Waals surface area contributed by atoms with Crippen LogP contribution in [0.5, 0.6) is 23.0 Å². The average Bonchev–Trinajstić information content (AvgIpc) is 3.31. The zero-order valence-electron chi connectivity index (χ0n) is 18.0. The molecule has 31 heavy (non-hydrogen) atoms. The molecule has 0 unspecified atom stereocenters. The van der Waals surface area contributed by atoms with Gasteiger partial charge >= 0.3 is 0 Å². The second-order valence-electron chi connectivity index (χ2n) is 6.61. The number of nitrogens with one attached hydrogen (secondary N) is 1. The first-order chi connectivity index (χ1) is 15.1. The quantitative estimate of drug-likeness (QED) is 0.478. The van der Waals surface area contributed by atoms with Crippen LogP contribution in [0.1, 0.15) is 11.3 Å². The third-order valence-corrected chi connectivity index (χ3v) is 5.07. The number of nitrogens with zero attached hydrogens (tertiary/aromatic N) is 1. The van der Waals surface area contributed by atoms with Crippen LogP contribution in [0, 0.1) is 0 Å². The van der Waals surface area contributed by atoms with Crippen LogP contribution in [0.3, 0.4) is 0 Å². The first kappa shape index (κ1) is 22.3. The highest BCUT2D eigenvalue weighted by Crippen LogP contribution is 2.30. The molecule has 0 saturated carbocycles. The molecule has 1 aromatic heterocycles. The van der Waals surface area contributed by atoms with Crippen molar-refractivity contribution in [1.82, 2.24) is 4.90 Å². The van der Waals surface area contributed by atoms with Crippen molar-refractivity contribution in [2.24, 2.45) is 0 Å². The molecule has 0 spiro atoms. The summed E-state index contributed by atoms with van der Waals surface area (Å²) in [5.41, 5.74) is 1.66. The molecule has 3 rings (SSSR count). The number of hydrogen-bond donors (Lipinski definition) is 1. The Bertz CT molecular complexity index is 1010. The zero-order chi connectivity index (χ0) is 22.2. The summed E-state index contributed by atoms with van der Waals surface area (Å²) < 4.78 is 27.2. The maximum atomic E-state index is 5.75. The molecular weight excluding hydrogens is 416 g/mol. The molecule has 0 aliphatic heterocycles. The highest BCUT2D eigenvalue weighted by Gasteiger charge is 2.17. The fraction of sp³-hybridized carbons (Fsp3) is 0.261. The lowest BCUT2D eigenvalue weighted by atomic mass is 10.1. The highest BCUT2D eigenvalue weighted by atomic mass is 32.1. The van der Waals surface area contributed by atoms with Crippen LogP contribution in [0.2, 0.25) is 0 Å². The molecule has 0 amide bonds. The SMILES string of the molecule is COc1ccc(OC)c(CN(Cc2ccco2)C(=S)Nc2ccc(OC)cc2OC)c1. The van der Waals surface area contributed by atoms with Crippen molar-refractivity contribution in [2.45, 2.75) is 13.1 Å². The van der Waals surface area contributed by atoms with Crippen LogP contribution >= 0.6 is 12.2 Å². The van der Waals surface area contributed by atoms with Gasteiger partial charge in [-0.3, -0.25) is 0 Å². The maximum absolute atomic E-state index is 5.75. The predicted molar refractivity (Wildman–Crippen MR) is 123 cm³/mol. The van der Waals surface area contributed by atoms with Crippen molar-refractivity contribution < 1.29 is 23.4 Å². The van der Waals surface area contributed by atoms with E-state index >= 15 is 0 Å². The van der Waals surface area contributed by atoms with Crippen LogP contribution in [0.25, 0.3) is 0 Å². The van der Waals surface area contributed by atoms with Gasteiger partial charge in [-0.05, 0) is 54.7 Å². The van der Waals surface area contributed by atoms with Gasteiger partial charge in [-0.15, -0.1) is 0 Å². The summed E-state index contributed by atoms with van der Waals surface area (Å²) >= 11 is 5.75. The summed E-state index contributed by atoms with van der Waals surface area (Å²) in [6.45, 7) is 0.947. The predicted octanol–water partition coefficient (Wildman–Crippen LogP) is 4.71. The lowest BCUT2D eigenvalue weighted by molar-refractivity contribution is 0.346. The van der Waals surface area contributed by atoms with E-state index in [4.69, 9.17) is 35.6 Å². The van der Waals surface area contributed by atoms with E-state index in [1.165, 1.54) is 0 Å². The van der Waals surface area contributed by atoms with Gasteiger partial charge in [0.1, 0.15) is 28.8 Å². The van der Waals surface area contributed by atoms with E-state index in [2.05, 4.69) is 5.32 Å². The maximum Gasteiger partial charge on any atom is 0.174 e. The molecule has 164 valence electrons. The molecule has 0 fully saturated rings. The Balaban J connectivity index is 1.88. The van der Waals surface area contributed by atoms with Crippen LogP contribution < -0.4 is 24.3 Å². The smallest absolute Gasteiger partial charge is 0.174 e. The van der Waals surface area contributed by atoms with E-state index in [0.717, 1.165) is 28.5 Å². The monoisotopic (exact) mass is 442 g/mol. The highest BCUT2D eigenvalue weighted by molar-refractivity contribution is 7.80. The van der Waals surface area contributed by atoms with E-state index in [1.807, 2.05) is 47.4 Å². The van der Waals surface area contributed by atoms with Crippen LogP contribution in [0.4, 0.5) is 5.69 Å². The number of thiocarbonyl (C=S) groups is 1. The first-order valence-corrected chi connectivity index (χ1v) is 10.00. The molecule has 0 aliphatic carbocycles. The van der Waals surface area contributed by atoms with E-state index < -0.39 is 0 Å². The van der Waals surface area contributed by atoms with E-state index in [0.29, 0.717) is 29.7 Å². The molecule has 1 N–H and O–H groups in total. The molecule has 1 heterocycles. The Kier molecular flexibility index (Phi) is 7.61. The van der Waals surface area contributed by atoms with Gasteiger partial charge in [0, 0.05) is 18.2 Å². The fourth-order valence-corrected chi connectivity index (χ4v) is 3.34. The molecule has 3 aromatic rings. The number of anilines is 1. The summed E-state index contributed by atoms with van der Waals surface area (Å²) in [5, 5.41) is 3.78. The van der Waals surface area contributed by atoms with Gasteiger partial charge in [-0.1, -0.05) is 0 Å². The van der Waals surface area contributed by atoms with E-state index in [9.17, 15) is 0 Å². The van der Waals surface area contributed by atoms with Crippen molar-refractivity contribution in [3.8, 4) is 23.0 Å². The fourth-order valence-electron chi connectivity index (χ4n) is 3.10. The molecule has 2 aromatic carbocycles. The summed E-state index contributed by atoms with van der Waals surface area (Å²) in [4.78, 5) is 1.98. The number of methoxy groups -OCH3 is 4. The van der Waals surface area contributed by atoms with Gasteiger partial charge in [0.25, 0.3) is 0 Å². The van der Waals surface area contributed by atoms with Crippen molar-refractivity contribution in [1.29, 1.82) is 0 Å². The second kappa shape index (κ2) is 10.6. The summed E-state index contributed by atoms with van der Waals surface area (Å²) in [5.74, 6) is 3.59. The zero-order valence-corrected chi connectivity index (χ0v) is 18.8. The largest absolute Gasteiger partial charge is 0.497 e. The molecule has 7 nitrogen and oxygen atoms in total. The topological polar surface area (TPSA) is 65.3 Å². The Morgan fingerprint density at radius 3 is 2.23 bits per heavy atom.